The highest BCUT2D eigenvalue weighted by Gasteiger charge is 2.34. The number of carbonyl (C=O) groups is 2. The van der Waals surface area contributed by atoms with Crippen LogP contribution in [0.2, 0.25) is 0 Å². The van der Waals surface area contributed by atoms with Crippen LogP contribution in [-0.4, -0.2) is 61.1 Å². The van der Waals surface area contributed by atoms with Gasteiger partial charge in [0.25, 0.3) is 0 Å². The summed E-state index contributed by atoms with van der Waals surface area (Å²) in [4.78, 5) is 41.6. The molecular formula is C36H41N9O2. The van der Waals surface area contributed by atoms with Gasteiger partial charge in [0.2, 0.25) is 11.8 Å². The number of pyridine rings is 1. The second kappa shape index (κ2) is 15.0. The molecule has 6 rings (SSSR count). The van der Waals surface area contributed by atoms with Crippen molar-refractivity contribution in [3.05, 3.63) is 89.9 Å². The number of nitriles is 1. The summed E-state index contributed by atoms with van der Waals surface area (Å²) in [5.74, 6) is 1.59. The molecule has 47 heavy (non-hydrogen) atoms. The molecule has 2 N–H and O–H groups in total. The minimum Gasteiger partial charge on any atom is -0.367 e. The Labute approximate surface area is 275 Å². The smallest absolute Gasteiger partial charge is 0.229 e. The molecule has 1 saturated carbocycles. The number of aryl methyl sites for hydroxylation is 1. The topological polar surface area (TPSA) is 142 Å². The maximum absolute atomic E-state index is 13.8. The third-order valence-corrected chi connectivity index (χ3v) is 9.37. The van der Waals surface area contributed by atoms with Gasteiger partial charge < -0.3 is 15.5 Å². The highest BCUT2D eigenvalue weighted by atomic mass is 16.2. The normalized spacial score (nSPS) is 18.5. The summed E-state index contributed by atoms with van der Waals surface area (Å²) < 4.78 is 1.76. The maximum Gasteiger partial charge on any atom is 0.229 e. The molecule has 4 heterocycles. The van der Waals surface area contributed by atoms with Crippen LogP contribution in [0.15, 0.2) is 67.3 Å². The molecule has 0 radical (unpaired) electrons. The molecule has 4 aromatic rings. The number of anilines is 1. The molecule has 2 aliphatic rings. The first-order valence-corrected chi connectivity index (χ1v) is 16.5. The lowest BCUT2D eigenvalue weighted by molar-refractivity contribution is -0.127. The van der Waals surface area contributed by atoms with Crippen molar-refractivity contribution in [3.63, 3.8) is 0 Å². The number of rotatable bonds is 12. The van der Waals surface area contributed by atoms with E-state index in [2.05, 4.69) is 26.8 Å². The van der Waals surface area contributed by atoms with Crippen LogP contribution in [0, 0.1) is 23.2 Å². The minimum atomic E-state index is -0.355. The standard InChI is InChI=1S/C36H41N9O2/c1-44-24-30(23-42-44)28-13-14-31(39-21-28)34(36(47)41-20-26-6-3-2-4-7-26)27-11-9-25(10-12-27)18-32-40-22-29(19-37)35(43-32)38-15-17-45-16-5-8-33(45)46/h2-4,6-7,13-14,21-25,27,34H,5,8-12,15-18,20H2,1H3,(H,41,47)(H,38,40,43). The molecule has 1 unspecified atom stereocenters. The Hall–Kier alpha value is -5.11. The molecule has 1 atom stereocenters. The molecule has 1 aliphatic heterocycles. The van der Waals surface area contributed by atoms with Crippen LogP contribution in [0.1, 0.15) is 67.1 Å². The molecule has 242 valence electrons. The Kier molecular flexibility index (Phi) is 10.2. The van der Waals surface area contributed by atoms with E-state index in [1.807, 2.05) is 73.0 Å². The van der Waals surface area contributed by atoms with Gasteiger partial charge >= 0.3 is 0 Å². The number of aromatic nitrogens is 5. The summed E-state index contributed by atoms with van der Waals surface area (Å²) in [6, 6.07) is 16.2. The lowest BCUT2D eigenvalue weighted by atomic mass is 9.73. The number of nitrogens with one attached hydrogen (secondary N) is 2. The zero-order valence-electron chi connectivity index (χ0n) is 26.8. The Morgan fingerprint density at radius 3 is 2.55 bits per heavy atom. The zero-order valence-corrected chi connectivity index (χ0v) is 26.8. The minimum absolute atomic E-state index is 0.000651. The van der Waals surface area contributed by atoms with Crippen molar-refractivity contribution < 1.29 is 9.59 Å². The van der Waals surface area contributed by atoms with Crippen molar-refractivity contribution in [1.82, 2.24) is 34.9 Å². The van der Waals surface area contributed by atoms with E-state index >= 15 is 0 Å². The van der Waals surface area contributed by atoms with E-state index in [9.17, 15) is 14.9 Å². The average molecular weight is 632 g/mol. The molecule has 1 aromatic carbocycles. The molecule has 3 aromatic heterocycles. The predicted molar refractivity (Wildman–Crippen MR) is 178 cm³/mol. The van der Waals surface area contributed by atoms with Crippen LogP contribution in [0.5, 0.6) is 0 Å². The summed E-state index contributed by atoms with van der Waals surface area (Å²) in [5.41, 5.74) is 4.20. The molecule has 1 aliphatic carbocycles. The van der Waals surface area contributed by atoms with Crippen LogP contribution in [0.4, 0.5) is 5.82 Å². The second-order valence-corrected chi connectivity index (χ2v) is 12.6. The average Bonchev–Trinajstić information content (AvgIpc) is 3.73. The molecule has 2 fully saturated rings. The van der Waals surface area contributed by atoms with E-state index < -0.39 is 0 Å². The molecule has 0 bridgehead atoms. The van der Waals surface area contributed by atoms with E-state index in [-0.39, 0.29) is 23.7 Å². The fourth-order valence-corrected chi connectivity index (χ4v) is 6.78. The lowest BCUT2D eigenvalue weighted by Crippen LogP contribution is -2.35. The largest absolute Gasteiger partial charge is 0.367 e. The fraction of sp³-hybridized carbons (Fsp3) is 0.417. The molecule has 11 heteroatoms. The quantitative estimate of drug-likeness (QED) is 0.231. The Balaban J connectivity index is 1.10. The monoisotopic (exact) mass is 631 g/mol. The van der Waals surface area contributed by atoms with Crippen LogP contribution < -0.4 is 10.6 Å². The van der Waals surface area contributed by atoms with Crippen molar-refractivity contribution in [3.8, 4) is 17.2 Å². The summed E-state index contributed by atoms with van der Waals surface area (Å²) in [5, 5.41) is 20.3. The number of carbonyl (C=O) groups excluding carboxylic acids is 2. The predicted octanol–water partition coefficient (Wildman–Crippen LogP) is 4.63. The molecule has 1 saturated heterocycles. The van der Waals surface area contributed by atoms with Gasteiger partial charge in [-0.05, 0) is 55.6 Å². The number of hydrogen-bond donors (Lipinski definition) is 2. The summed E-state index contributed by atoms with van der Waals surface area (Å²) >= 11 is 0. The molecular weight excluding hydrogens is 590 g/mol. The first-order valence-electron chi connectivity index (χ1n) is 16.5. The van der Waals surface area contributed by atoms with Gasteiger partial charge in [0.15, 0.2) is 0 Å². The van der Waals surface area contributed by atoms with E-state index in [1.165, 1.54) is 0 Å². The molecule has 2 amide bonds. The summed E-state index contributed by atoms with van der Waals surface area (Å²) in [6.45, 7) is 2.38. The highest BCUT2D eigenvalue weighted by molar-refractivity contribution is 5.83. The van der Waals surface area contributed by atoms with Crippen molar-refractivity contribution >= 4 is 17.6 Å². The second-order valence-electron chi connectivity index (χ2n) is 12.6. The number of amides is 2. The number of hydrogen-bond acceptors (Lipinski definition) is 8. The van der Waals surface area contributed by atoms with Crippen LogP contribution >= 0.6 is 0 Å². The van der Waals surface area contributed by atoms with Gasteiger partial charge in [0, 0.05) is 69.6 Å². The highest BCUT2D eigenvalue weighted by Crippen LogP contribution is 2.39. The van der Waals surface area contributed by atoms with Gasteiger partial charge in [-0.3, -0.25) is 19.3 Å². The van der Waals surface area contributed by atoms with Crippen molar-refractivity contribution in [1.29, 1.82) is 5.26 Å². The van der Waals surface area contributed by atoms with Gasteiger partial charge in [0.1, 0.15) is 23.3 Å². The third-order valence-electron chi connectivity index (χ3n) is 9.37. The van der Waals surface area contributed by atoms with Crippen molar-refractivity contribution in [2.45, 2.75) is 57.4 Å². The first-order chi connectivity index (χ1) is 23.0. The van der Waals surface area contributed by atoms with E-state index in [0.29, 0.717) is 55.6 Å². The summed E-state index contributed by atoms with van der Waals surface area (Å²) in [7, 11) is 1.89. The van der Waals surface area contributed by atoms with E-state index in [4.69, 9.17) is 9.97 Å². The van der Waals surface area contributed by atoms with Crippen LogP contribution in [0.25, 0.3) is 11.1 Å². The zero-order chi connectivity index (χ0) is 32.6. The van der Waals surface area contributed by atoms with E-state index in [0.717, 1.165) is 61.0 Å². The summed E-state index contributed by atoms with van der Waals surface area (Å²) in [6.07, 6.45) is 13.1. The van der Waals surface area contributed by atoms with Crippen LogP contribution in [-0.2, 0) is 29.6 Å². The van der Waals surface area contributed by atoms with Gasteiger partial charge in [-0.2, -0.15) is 10.4 Å². The van der Waals surface area contributed by atoms with E-state index in [1.54, 1.807) is 10.9 Å². The first kappa shape index (κ1) is 31.9. The number of nitrogens with zero attached hydrogens (tertiary/aromatic N) is 7. The van der Waals surface area contributed by atoms with Gasteiger partial charge in [0.05, 0.1) is 24.0 Å². The number of likely N-dealkylation sites (tertiary alicyclic amines) is 1. The Morgan fingerprint density at radius 2 is 1.87 bits per heavy atom. The fourth-order valence-electron chi connectivity index (χ4n) is 6.78. The lowest BCUT2D eigenvalue weighted by Gasteiger charge is -2.33. The van der Waals surface area contributed by atoms with Crippen molar-refractivity contribution in [2.75, 3.05) is 25.0 Å². The maximum atomic E-state index is 13.8. The SMILES string of the molecule is Cn1cc(-c2ccc(C(C(=O)NCc3ccccc3)C3CCC(Cc4ncc(C#N)c(NCCN5CCCC5=O)n4)CC3)nc2)cn1. The Morgan fingerprint density at radius 1 is 1.04 bits per heavy atom. The van der Waals surface area contributed by atoms with Crippen LogP contribution in [0.3, 0.4) is 0 Å². The van der Waals surface area contributed by atoms with Gasteiger partial charge in [-0.25, -0.2) is 9.97 Å². The van der Waals surface area contributed by atoms with Crippen molar-refractivity contribution in [2.24, 2.45) is 18.9 Å². The molecule has 0 spiro atoms. The third kappa shape index (κ3) is 8.01. The Bertz CT molecular complexity index is 1710. The number of benzene rings is 1. The molecule has 11 nitrogen and oxygen atoms in total. The van der Waals surface area contributed by atoms with Gasteiger partial charge in [-0.1, -0.05) is 36.4 Å². The van der Waals surface area contributed by atoms with Gasteiger partial charge in [-0.15, -0.1) is 0 Å².